The van der Waals surface area contributed by atoms with Gasteiger partial charge in [-0.1, -0.05) is 0 Å². The van der Waals surface area contributed by atoms with Crippen molar-refractivity contribution in [2.75, 3.05) is 78.5 Å². The molecule has 30 heavy (non-hydrogen) atoms. The summed E-state index contributed by atoms with van der Waals surface area (Å²) in [5.74, 6) is 3.58. The van der Waals surface area contributed by atoms with Crippen molar-refractivity contribution in [1.29, 1.82) is 0 Å². The molecular weight excluding hydrogens is 372 g/mol. The smallest absolute Gasteiger partial charge is 0.00772 e. The van der Waals surface area contributed by atoms with Gasteiger partial charge in [0.2, 0.25) is 0 Å². The van der Waals surface area contributed by atoms with Crippen molar-refractivity contribution >= 4 is 0 Å². The van der Waals surface area contributed by atoms with E-state index in [2.05, 4.69) is 31.9 Å². The fourth-order valence-corrected chi connectivity index (χ4v) is 5.46. The van der Waals surface area contributed by atoms with Gasteiger partial charge in [0.25, 0.3) is 0 Å². The average molecular weight is 423 g/mol. The van der Waals surface area contributed by atoms with Crippen LogP contribution in [0.25, 0.3) is 0 Å². The molecule has 0 aromatic carbocycles. The van der Waals surface area contributed by atoms with Gasteiger partial charge in [-0.3, -0.25) is 0 Å². The normalized spacial score (nSPS) is 35.2. The van der Waals surface area contributed by atoms with Gasteiger partial charge in [0.05, 0.1) is 0 Å². The van der Waals surface area contributed by atoms with Crippen LogP contribution in [0.1, 0.15) is 51.4 Å². The predicted molar refractivity (Wildman–Crippen MR) is 128 cm³/mol. The number of hydrogen-bond acceptors (Lipinski definition) is 6. The standard InChI is InChI=1S/C24H50N6/c1-2-22-4-3-21(1)17-27-13-9-25-11-15-29-19-23-5-7-24(8-6-23)20-30-16-12-26-10-14-28-18-22/h21-30H,1-20H2. The van der Waals surface area contributed by atoms with E-state index >= 15 is 0 Å². The highest BCUT2D eigenvalue weighted by molar-refractivity contribution is 4.77. The quantitative estimate of drug-likeness (QED) is 0.352. The van der Waals surface area contributed by atoms with E-state index < -0.39 is 0 Å². The van der Waals surface area contributed by atoms with Crippen molar-refractivity contribution in [3.8, 4) is 0 Å². The Morgan fingerprint density at radius 2 is 0.467 bits per heavy atom. The van der Waals surface area contributed by atoms with Crippen molar-refractivity contribution in [2.45, 2.75) is 51.4 Å². The summed E-state index contributed by atoms with van der Waals surface area (Å²) in [5, 5.41) is 21.9. The first-order valence-corrected chi connectivity index (χ1v) is 13.1. The van der Waals surface area contributed by atoms with Gasteiger partial charge in [0, 0.05) is 52.4 Å². The van der Waals surface area contributed by atoms with Gasteiger partial charge in [0.15, 0.2) is 0 Å². The maximum atomic E-state index is 3.68. The lowest BCUT2D eigenvalue weighted by atomic mass is 9.82. The summed E-state index contributed by atoms with van der Waals surface area (Å²) < 4.78 is 0. The lowest BCUT2D eigenvalue weighted by molar-refractivity contribution is 0.259. The van der Waals surface area contributed by atoms with E-state index in [0.29, 0.717) is 0 Å². The second kappa shape index (κ2) is 15.5. The van der Waals surface area contributed by atoms with Crippen molar-refractivity contribution in [1.82, 2.24) is 31.9 Å². The molecule has 0 aromatic rings. The Bertz CT molecular complexity index is 331. The van der Waals surface area contributed by atoms with Gasteiger partial charge in [0.1, 0.15) is 0 Å². The van der Waals surface area contributed by atoms with E-state index in [1.54, 1.807) is 0 Å². The summed E-state index contributed by atoms with van der Waals surface area (Å²) in [7, 11) is 0. The van der Waals surface area contributed by atoms with Crippen molar-refractivity contribution in [2.24, 2.45) is 23.7 Å². The first-order chi connectivity index (χ1) is 14.9. The molecule has 176 valence electrons. The van der Waals surface area contributed by atoms with Crippen LogP contribution in [0, 0.1) is 23.7 Å². The highest BCUT2D eigenvalue weighted by Crippen LogP contribution is 2.28. The Kier molecular flexibility index (Phi) is 12.6. The number of hydrogen-bond donors (Lipinski definition) is 6. The summed E-state index contributed by atoms with van der Waals surface area (Å²) in [4.78, 5) is 0. The molecule has 4 saturated heterocycles. The third kappa shape index (κ3) is 10.4. The summed E-state index contributed by atoms with van der Waals surface area (Å²) in [6, 6.07) is 0. The first-order valence-electron chi connectivity index (χ1n) is 13.1. The van der Waals surface area contributed by atoms with Crippen LogP contribution in [-0.2, 0) is 0 Å². The molecule has 6 aliphatic rings. The van der Waals surface area contributed by atoms with E-state index in [9.17, 15) is 0 Å². The Labute approximate surface area is 185 Å². The zero-order valence-corrected chi connectivity index (χ0v) is 19.5. The summed E-state index contributed by atoms with van der Waals surface area (Å²) >= 11 is 0. The molecule has 0 atom stereocenters. The molecule has 0 aromatic heterocycles. The largest absolute Gasteiger partial charge is 0.315 e. The SMILES string of the molecule is C1CNCC2CCC(CC2)CNCCNCCNCC2CCC(CC2)CNCCN1. The first kappa shape index (κ1) is 24.4. The molecule has 2 saturated carbocycles. The second-order valence-corrected chi connectivity index (χ2v) is 10.1. The van der Waals surface area contributed by atoms with Crippen molar-refractivity contribution in [3.05, 3.63) is 0 Å². The molecule has 0 radical (unpaired) electrons. The molecular formula is C24H50N6. The highest BCUT2D eigenvalue weighted by atomic mass is 15.0. The van der Waals surface area contributed by atoms with Crippen LogP contribution < -0.4 is 31.9 Å². The molecule has 0 unspecified atom stereocenters. The third-order valence-corrected chi connectivity index (χ3v) is 7.58. The van der Waals surface area contributed by atoms with Crippen LogP contribution in [0.4, 0.5) is 0 Å². The molecule has 6 heteroatoms. The van der Waals surface area contributed by atoms with E-state index in [4.69, 9.17) is 0 Å². The molecule has 4 bridgehead atoms. The van der Waals surface area contributed by atoms with E-state index in [1.807, 2.05) is 0 Å². The summed E-state index contributed by atoms with van der Waals surface area (Å²) in [5.41, 5.74) is 0. The van der Waals surface area contributed by atoms with Crippen molar-refractivity contribution in [3.63, 3.8) is 0 Å². The second-order valence-electron chi connectivity index (χ2n) is 10.1. The van der Waals surface area contributed by atoms with Crippen molar-refractivity contribution < 1.29 is 0 Å². The lowest BCUT2D eigenvalue weighted by Crippen LogP contribution is -2.38. The van der Waals surface area contributed by atoms with Gasteiger partial charge in [-0.05, 0) is 101 Å². The summed E-state index contributed by atoms with van der Waals surface area (Å²) in [6.45, 7) is 13.6. The molecule has 6 N–H and O–H groups in total. The van der Waals surface area contributed by atoms with E-state index in [-0.39, 0.29) is 0 Å². The molecule has 6 nitrogen and oxygen atoms in total. The molecule has 4 heterocycles. The molecule has 2 aliphatic carbocycles. The molecule has 4 aliphatic heterocycles. The maximum Gasteiger partial charge on any atom is 0.00772 e. The zero-order chi connectivity index (χ0) is 20.7. The minimum atomic E-state index is 0.894. The summed E-state index contributed by atoms with van der Waals surface area (Å²) in [6.07, 6.45) is 11.2. The Hall–Kier alpha value is -0.240. The van der Waals surface area contributed by atoms with Crippen LogP contribution in [0.5, 0.6) is 0 Å². The van der Waals surface area contributed by atoms with Crippen LogP contribution in [-0.4, -0.2) is 78.5 Å². The lowest BCUT2D eigenvalue weighted by Gasteiger charge is -2.29. The van der Waals surface area contributed by atoms with Gasteiger partial charge in [-0.25, -0.2) is 0 Å². The molecule has 0 spiro atoms. The average Bonchev–Trinajstić information content (AvgIpc) is 2.78. The van der Waals surface area contributed by atoms with Gasteiger partial charge < -0.3 is 31.9 Å². The minimum Gasteiger partial charge on any atom is -0.315 e. The fourth-order valence-electron chi connectivity index (χ4n) is 5.46. The topological polar surface area (TPSA) is 72.2 Å². The van der Waals surface area contributed by atoms with Crippen LogP contribution in [0.2, 0.25) is 0 Å². The number of nitrogens with one attached hydrogen (secondary N) is 6. The number of rotatable bonds is 0. The highest BCUT2D eigenvalue weighted by Gasteiger charge is 2.21. The molecule has 6 fully saturated rings. The Morgan fingerprint density at radius 1 is 0.267 bits per heavy atom. The zero-order valence-electron chi connectivity index (χ0n) is 19.5. The molecule has 0 amide bonds. The van der Waals surface area contributed by atoms with E-state index in [1.165, 1.54) is 77.5 Å². The fraction of sp³-hybridized carbons (Fsp3) is 1.00. The maximum absolute atomic E-state index is 3.68. The monoisotopic (exact) mass is 422 g/mol. The van der Waals surface area contributed by atoms with Crippen LogP contribution in [0.3, 0.4) is 0 Å². The Morgan fingerprint density at radius 3 is 0.700 bits per heavy atom. The van der Waals surface area contributed by atoms with Gasteiger partial charge >= 0.3 is 0 Å². The Balaban J connectivity index is 1.31. The van der Waals surface area contributed by atoms with E-state index in [0.717, 1.165) is 76.0 Å². The molecule has 6 rings (SSSR count). The van der Waals surface area contributed by atoms with Gasteiger partial charge in [-0.2, -0.15) is 0 Å². The minimum absolute atomic E-state index is 0.894. The third-order valence-electron chi connectivity index (χ3n) is 7.58. The van der Waals surface area contributed by atoms with Crippen LogP contribution >= 0.6 is 0 Å². The van der Waals surface area contributed by atoms with Gasteiger partial charge in [-0.15, -0.1) is 0 Å². The van der Waals surface area contributed by atoms with Crippen LogP contribution in [0.15, 0.2) is 0 Å². The predicted octanol–water partition coefficient (Wildman–Crippen LogP) is 1.15.